The molecule has 0 aromatic heterocycles. The molecule has 3 aromatic carbocycles. The van der Waals surface area contributed by atoms with Crippen molar-refractivity contribution >= 4 is 58.4 Å². The Labute approximate surface area is 254 Å². The Morgan fingerprint density at radius 3 is 2.02 bits per heavy atom. The molecule has 1 saturated heterocycles. The Bertz CT molecular complexity index is 1660. The molecular weight excluding hydrogens is 601 g/mol. The lowest BCUT2D eigenvalue weighted by atomic mass is 9.85. The van der Waals surface area contributed by atoms with Crippen LogP contribution in [0.4, 0.5) is 5.69 Å². The number of fused-ring (bicyclic) bond motifs is 1. The molecule has 13 heteroatoms. The van der Waals surface area contributed by atoms with Crippen LogP contribution in [0.15, 0.2) is 78.9 Å². The van der Waals surface area contributed by atoms with Gasteiger partial charge in [-0.25, -0.2) is 9.80 Å². The standard InChI is InChI=1S/C30H21Cl2N3O8/c31-19-9-14-24(25(32)15-19)30(40)43-21-12-7-17(8-13-21)26(36)16-33(27(37)18-5-10-20(11-6-18)35(41)42)34-28(38)22-3-1-2-4-23(22)29(34)39/h1-2,5-15,22-23H,3-4,16H2/t22-,23-/m1/s1. The highest BCUT2D eigenvalue weighted by atomic mass is 35.5. The van der Waals surface area contributed by atoms with E-state index in [0.717, 1.165) is 22.2 Å². The van der Waals surface area contributed by atoms with E-state index >= 15 is 0 Å². The van der Waals surface area contributed by atoms with Crippen LogP contribution in [0.2, 0.25) is 10.0 Å². The zero-order valence-corrected chi connectivity index (χ0v) is 23.7. The van der Waals surface area contributed by atoms with Gasteiger partial charge in [-0.15, -0.1) is 0 Å². The SMILES string of the molecule is O=C(CN(C(=O)c1ccc([N+](=O)[O-])cc1)N1C(=O)[C@@H]2CC=CC[C@H]2C1=O)c1ccc(OC(=O)c2ccc(Cl)cc2Cl)cc1. The second kappa shape index (κ2) is 12.2. The molecule has 2 atom stereocenters. The minimum absolute atomic E-state index is 0.0601. The minimum atomic E-state index is -0.859. The number of amides is 3. The van der Waals surface area contributed by atoms with Crippen molar-refractivity contribution in [2.75, 3.05) is 6.54 Å². The molecular formula is C30H21Cl2N3O8. The maximum atomic E-state index is 13.6. The zero-order valence-electron chi connectivity index (χ0n) is 22.1. The fourth-order valence-electron chi connectivity index (χ4n) is 4.88. The molecule has 1 aliphatic carbocycles. The van der Waals surface area contributed by atoms with Crippen LogP contribution >= 0.6 is 23.2 Å². The summed E-state index contributed by atoms with van der Waals surface area (Å²) in [5.41, 5.74) is -0.134. The van der Waals surface area contributed by atoms with E-state index in [9.17, 15) is 34.1 Å². The first-order chi connectivity index (χ1) is 20.5. The Balaban J connectivity index is 1.38. The van der Waals surface area contributed by atoms with Crippen LogP contribution in [0.5, 0.6) is 5.75 Å². The Morgan fingerprint density at radius 1 is 0.884 bits per heavy atom. The number of halogens is 2. The molecule has 1 heterocycles. The van der Waals surface area contributed by atoms with E-state index in [-0.39, 0.29) is 33.1 Å². The fraction of sp³-hybridized carbons (Fsp3) is 0.167. The summed E-state index contributed by atoms with van der Waals surface area (Å²) in [4.78, 5) is 76.5. The van der Waals surface area contributed by atoms with Crippen molar-refractivity contribution in [1.82, 2.24) is 10.0 Å². The van der Waals surface area contributed by atoms with Gasteiger partial charge in [0.05, 0.1) is 27.3 Å². The Hall–Kier alpha value is -4.87. The number of imide groups is 1. The van der Waals surface area contributed by atoms with Crippen molar-refractivity contribution in [1.29, 1.82) is 0 Å². The van der Waals surface area contributed by atoms with Crippen molar-refractivity contribution in [3.8, 4) is 5.75 Å². The van der Waals surface area contributed by atoms with Crippen LogP contribution in [0, 0.1) is 22.0 Å². The van der Waals surface area contributed by atoms with E-state index in [2.05, 4.69) is 0 Å². The van der Waals surface area contributed by atoms with Gasteiger partial charge in [-0.1, -0.05) is 35.4 Å². The third-order valence-electron chi connectivity index (χ3n) is 7.12. The van der Waals surface area contributed by atoms with E-state index in [1.54, 1.807) is 12.2 Å². The highest BCUT2D eigenvalue weighted by Crippen LogP contribution is 2.36. The topological polar surface area (TPSA) is 144 Å². The van der Waals surface area contributed by atoms with Crippen molar-refractivity contribution in [3.63, 3.8) is 0 Å². The monoisotopic (exact) mass is 621 g/mol. The van der Waals surface area contributed by atoms with Crippen molar-refractivity contribution in [2.45, 2.75) is 12.8 Å². The lowest BCUT2D eigenvalue weighted by Gasteiger charge is -2.30. The molecule has 2 aliphatic rings. The molecule has 11 nitrogen and oxygen atoms in total. The molecule has 5 rings (SSSR count). The molecule has 218 valence electrons. The van der Waals surface area contributed by atoms with Crippen LogP contribution in [-0.2, 0) is 9.59 Å². The quantitative estimate of drug-likeness (QED) is 0.0625. The van der Waals surface area contributed by atoms with Gasteiger partial charge in [0, 0.05) is 28.3 Å². The summed E-state index contributed by atoms with van der Waals surface area (Å²) in [5, 5.41) is 13.0. The second-order valence-corrected chi connectivity index (χ2v) is 10.6. The van der Waals surface area contributed by atoms with Gasteiger partial charge < -0.3 is 4.74 Å². The third-order valence-corrected chi connectivity index (χ3v) is 7.66. The molecule has 1 fully saturated rings. The number of non-ortho nitro benzene ring substituents is 1. The maximum absolute atomic E-state index is 13.6. The number of carbonyl (C=O) groups is 5. The lowest BCUT2D eigenvalue weighted by molar-refractivity contribution is -0.384. The van der Waals surface area contributed by atoms with Gasteiger partial charge in [-0.2, -0.15) is 5.01 Å². The number of nitro groups is 1. The number of benzene rings is 3. The number of Topliss-reactive ketones (excluding diaryl/α,β-unsaturated/α-hetero) is 1. The first-order valence-corrected chi connectivity index (χ1v) is 13.7. The number of ketones is 1. The summed E-state index contributed by atoms with van der Waals surface area (Å²) in [6, 6.07) is 14.3. The fourth-order valence-corrected chi connectivity index (χ4v) is 5.37. The van der Waals surface area contributed by atoms with E-state index < -0.39 is 52.8 Å². The van der Waals surface area contributed by atoms with E-state index in [0.29, 0.717) is 17.9 Å². The van der Waals surface area contributed by atoms with Gasteiger partial charge in [-0.3, -0.25) is 29.3 Å². The summed E-state index contributed by atoms with van der Waals surface area (Å²) < 4.78 is 5.33. The first kappa shape index (κ1) is 29.6. The number of rotatable bonds is 8. The summed E-state index contributed by atoms with van der Waals surface area (Å²) in [7, 11) is 0. The van der Waals surface area contributed by atoms with Crippen molar-refractivity contribution in [3.05, 3.63) is 116 Å². The first-order valence-electron chi connectivity index (χ1n) is 12.9. The van der Waals surface area contributed by atoms with Crippen LogP contribution in [0.3, 0.4) is 0 Å². The van der Waals surface area contributed by atoms with Crippen LogP contribution in [0.1, 0.15) is 43.9 Å². The van der Waals surface area contributed by atoms with Gasteiger partial charge in [0.2, 0.25) is 0 Å². The molecule has 0 bridgehead atoms. The number of esters is 1. The molecule has 0 N–H and O–H groups in total. The molecule has 0 spiro atoms. The smallest absolute Gasteiger partial charge is 0.345 e. The number of hydrogen-bond acceptors (Lipinski definition) is 8. The van der Waals surface area contributed by atoms with Gasteiger partial charge in [0.25, 0.3) is 23.4 Å². The minimum Gasteiger partial charge on any atom is -0.423 e. The highest BCUT2D eigenvalue weighted by Gasteiger charge is 2.51. The number of hydrogen-bond donors (Lipinski definition) is 0. The van der Waals surface area contributed by atoms with E-state index in [4.69, 9.17) is 27.9 Å². The number of nitro benzene ring substituents is 1. The molecule has 0 unspecified atom stereocenters. The van der Waals surface area contributed by atoms with Crippen molar-refractivity contribution < 1.29 is 33.6 Å². The largest absolute Gasteiger partial charge is 0.423 e. The second-order valence-electron chi connectivity index (χ2n) is 9.77. The number of nitrogens with zero attached hydrogens (tertiary/aromatic N) is 3. The number of allylic oxidation sites excluding steroid dienone is 2. The Morgan fingerprint density at radius 2 is 1.47 bits per heavy atom. The summed E-state index contributed by atoms with van der Waals surface area (Å²) in [5.74, 6) is -4.67. The number of carbonyl (C=O) groups excluding carboxylic acids is 5. The van der Waals surface area contributed by atoms with Gasteiger partial charge in [0.1, 0.15) is 12.3 Å². The van der Waals surface area contributed by atoms with Crippen molar-refractivity contribution in [2.24, 2.45) is 11.8 Å². The van der Waals surface area contributed by atoms with E-state index in [1.807, 2.05) is 0 Å². The normalized spacial score (nSPS) is 17.4. The van der Waals surface area contributed by atoms with E-state index in [1.165, 1.54) is 54.6 Å². The van der Waals surface area contributed by atoms with Crippen LogP contribution in [-0.4, -0.2) is 51.0 Å². The molecule has 3 aromatic rings. The summed E-state index contributed by atoms with van der Waals surface area (Å²) in [6.45, 7) is -0.681. The average molecular weight is 622 g/mol. The predicted octanol–water partition coefficient (Wildman–Crippen LogP) is 5.31. The predicted molar refractivity (Wildman–Crippen MR) is 154 cm³/mol. The maximum Gasteiger partial charge on any atom is 0.345 e. The Kier molecular flexibility index (Phi) is 8.38. The van der Waals surface area contributed by atoms with Crippen LogP contribution < -0.4 is 4.74 Å². The van der Waals surface area contributed by atoms with Gasteiger partial charge >= 0.3 is 5.97 Å². The number of hydrazine groups is 1. The van der Waals surface area contributed by atoms with Gasteiger partial charge in [0.15, 0.2) is 5.78 Å². The molecule has 0 radical (unpaired) electrons. The lowest BCUT2D eigenvalue weighted by Crippen LogP contribution is -2.52. The van der Waals surface area contributed by atoms with Crippen LogP contribution in [0.25, 0.3) is 0 Å². The highest BCUT2D eigenvalue weighted by molar-refractivity contribution is 6.36. The molecule has 1 aliphatic heterocycles. The number of ether oxygens (including phenoxy) is 1. The van der Waals surface area contributed by atoms with Gasteiger partial charge in [-0.05, 0) is 67.4 Å². The molecule has 0 saturated carbocycles. The molecule has 43 heavy (non-hydrogen) atoms. The molecule has 3 amide bonds. The zero-order chi connectivity index (χ0) is 30.8. The average Bonchev–Trinajstić information content (AvgIpc) is 3.25. The third kappa shape index (κ3) is 6.04. The summed E-state index contributed by atoms with van der Waals surface area (Å²) >= 11 is 11.9. The summed E-state index contributed by atoms with van der Waals surface area (Å²) in [6.07, 6.45) is 4.22.